The Hall–Kier alpha value is -1.36. The summed E-state index contributed by atoms with van der Waals surface area (Å²) in [5.74, 6) is -0.971. The van der Waals surface area contributed by atoms with E-state index in [1.54, 1.807) is 6.08 Å². The van der Waals surface area contributed by atoms with E-state index in [4.69, 9.17) is 5.11 Å². The number of nitrogens with one attached hydrogen (secondary N) is 1. The van der Waals surface area contributed by atoms with Crippen molar-refractivity contribution in [1.29, 1.82) is 0 Å². The van der Waals surface area contributed by atoms with Gasteiger partial charge >= 0.3 is 5.97 Å². The third kappa shape index (κ3) is 6.68. The van der Waals surface area contributed by atoms with E-state index in [1.165, 1.54) is 4.90 Å². The van der Waals surface area contributed by atoms with E-state index < -0.39 is 5.97 Å². The number of carboxylic acid groups (broad SMARTS) is 1. The Labute approximate surface area is 89.8 Å². The molecule has 0 spiro atoms. The number of likely N-dealkylation sites (N-methyl/N-ethyl adjacent to an activating group) is 1. The van der Waals surface area contributed by atoms with Gasteiger partial charge in [0.05, 0.1) is 13.0 Å². The zero-order chi connectivity index (χ0) is 11.7. The van der Waals surface area contributed by atoms with Crippen LogP contribution in [0.3, 0.4) is 0 Å². The van der Waals surface area contributed by atoms with Crippen LogP contribution in [-0.2, 0) is 9.59 Å². The molecule has 0 bridgehead atoms. The van der Waals surface area contributed by atoms with Gasteiger partial charge < -0.3 is 15.3 Å². The van der Waals surface area contributed by atoms with Crippen molar-refractivity contribution in [1.82, 2.24) is 10.2 Å². The summed E-state index contributed by atoms with van der Waals surface area (Å²) in [6.07, 6.45) is 1.65. The lowest BCUT2D eigenvalue weighted by molar-refractivity contribution is -0.138. The summed E-state index contributed by atoms with van der Waals surface area (Å²) in [6.45, 7) is 6.93. The van der Waals surface area contributed by atoms with E-state index in [-0.39, 0.29) is 25.4 Å². The Kier molecular flexibility index (Phi) is 7.27. The van der Waals surface area contributed by atoms with Crippen molar-refractivity contribution >= 4 is 11.9 Å². The van der Waals surface area contributed by atoms with Crippen LogP contribution in [0.25, 0.3) is 0 Å². The van der Waals surface area contributed by atoms with E-state index in [9.17, 15) is 9.59 Å². The summed E-state index contributed by atoms with van der Waals surface area (Å²) < 4.78 is 0. The Morgan fingerprint density at radius 2 is 2.20 bits per heavy atom. The number of carbonyl (C=O) groups excluding carboxylic acids is 1. The molecule has 2 N–H and O–H groups in total. The van der Waals surface area contributed by atoms with E-state index in [1.807, 2.05) is 6.92 Å². The van der Waals surface area contributed by atoms with Crippen molar-refractivity contribution in [3.8, 4) is 0 Å². The van der Waals surface area contributed by atoms with Crippen LogP contribution in [0.2, 0.25) is 0 Å². The van der Waals surface area contributed by atoms with Crippen LogP contribution in [0.15, 0.2) is 12.7 Å². The van der Waals surface area contributed by atoms with Gasteiger partial charge in [-0.1, -0.05) is 6.08 Å². The minimum absolute atomic E-state index is 0.0129. The van der Waals surface area contributed by atoms with Gasteiger partial charge in [0.25, 0.3) is 0 Å². The van der Waals surface area contributed by atoms with Gasteiger partial charge in [0, 0.05) is 19.6 Å². The van der Waals surface area contributed by atoms with Gasteiger partial charge in [0.15, 0.2) is 0 Å². The number of hydrogen-bond donors (Lipinski definition) is 2. The van der Waals surface area contributed by atoms with Crippen LogP contribution >= 0.6 is 0 Å². The highest BCUT2D eigenvalue weighted by Crippen LogP contribution is 1.92. The fraction of sp³-hybridized carbons (Fsp3) is 0.600. The highest BCUT2D eigenvalue weighted by Gasteiger charge is 2.11. The molecule has 0 aliphatic heterocycles. The number of carbonyl (C=O) groups is 2. The average molecular weight is 214 g/mol. The molecule has 0 saturated carbocycles. The molecule has 86 valence electrons. The number of nitrogens with zero attached hydrogens (tertiary/aromatic N) is 1. The smallest absolute Gasteiger partial charge is 0.305 e. The molecule has 5 nitrogen and oxygen atoms in total. The molecular weight excluding hydrogens is 196 g/mol. The zero-order valence-electron chi connectivity index (χ0n) is 9.03. The first-order chi connectivity index (χ1) is 7.11. The molecule has 1 amide bonds. The first-order valence-corrected chi connectivity index (χ1v) is 4.93. The van der Waals surface area contributed by atoms with Gasteiger partial charge in [-0.3, -0.25) is 9.59 Å². The monoisotopic (exact) mass is 214 g/mol. The molecule has 15 heavy (non-hydrogen) atoms. The Morgan fingerprint density at radius 1 is 1.53 bits per heavy atom. The molecule has 0 saturated heterocycles. The molecule has 0 heterocycles. The quantitative estimate of drug-likeness (QED) is 0.443. The molecule has 0 rings (SSSR count). The SMILES string of the molecule is C=CCNCC(=O)N(CC)CCC(=O)O. The summed E-state index contributed by atoms with van der Waals surface area (Å²) >= 11 is 0. The lowest BCUT2D eigenvalue weighted by Crippen LogP contribution is -2.39. The van der Waals surface area contributed by atoms with Gasteiger partial charge in [-0.2, -0.15) is 0 Å². The molecule has 0 atom stereocenters. The van der Waals surface area contributed by atoms with E-state index in [2.05, 4.69) is 11.9 Å². The van der Waals surface area contributed by atoms with Gasteiger partial charge in [-0.25, -0.2) is 0 Å². The van der Waals surface area contributed by atoms with Crippen molar-refractivity contribution in [2.24, 2.45) is 0 Å². The second-order valence-electron chi connectivity index (χ2n) is 3.04. The normalized spacial score (nSPS) is 9.67. The molecule has 0 aromatic heterocycles. The van der Waals surface area contributed by atoms with E-state index >= 15 is 0 Å². The summed E-state index contributed by atoms with van der Waals surface area (Å²) in [6, 6.07) is 0. The summed E-state index contributed by atoms with van der Waals surface area (Å²) in [5.41, 5.74) is 0. The Balaban J connectivity index is 3.87. The van der Waals surface area contributed by atoms with Crippen molar-refractivity contribution in [2.45, 2.75) is 13.3 Å². The predicted octanol–water partition coefficient (Wildman–Crippen LogP) is 0.0852. The molecule has 0 aromatic carbocycles. The second kappa shape index (κ2) is 7.99. The van der Waals surface area contributed by atoms with E-state index in [0.29, 0.717) is 13.1 Å². The van der Waals surface area contributed by atoms with Gasteiger partial charge in [-0.05, 0) is 6.92 Å². The summed E-state index contributed by atoms with van der Waals surface area (Å²) in [4.78, 5) is 23.4. The first kappa shape index (κ1) is 13.6. The van der Waals surface area contributed by atoms with Crippen LogP contribution in [0.4, 0.5) is 0 Å². The van der Waals surface area contributed by atoms with E-state index in [0.717, 1.165) is 0 Å². The lowest BCUT2D eigenvalue weighted by atomic mass is 10.3. The van der Waals surface area contributed by atoms with Crippen molar-refractivity contribution in [3.05, 3.63) is 12.7 Å². The third-order valence-electron chi connectivity index (χ3n) is 1.89. The second-order valence-corrected chi connectivity index (χ2v) is 3.04. The average Bonchev–Trinajstić information content (AvgIpc) is 2.18. The van der Waals surface area contributed by atoms with Crippen LogP contribution in [-0.4, -0.2) is 48.1 Å². The largest absolute Gasteiger partial charge is 0.481 e. The third-order valence-corrected chi connectivity index (χ3v) is 1.89. The molecule has 5 heteroatoms. The molecule has 0 aliphatic carbocycles. The summed E-state index contributed by atoms with van der Waals surface area (Å²) in [7, 11) is 0. The lowest BCUT2D eigenvalue weighted by Gasteiger charge is -2.19. The van der Waals surface area contributed by atoms with Gasteiger partial charge in [0.2, 0.25) is 5.91 Å². The predicted molar refractivity (Wildman–Crippen MR) is 57.6 cm³/mol. The van der Waals surface area contributed by atoms with Gasteiger partial charge in [-0.15, -0.1) is 6.58 Å². The van der Waals surface area contributed by atoms with Crippen LogP contribution in [0.5, 0.6) is 0 Å². The fourth-order valence-electron chi connectivity index (χ4n) is 1.08. The standard InChI is InChI=1S/C10H18N2O3/c1-3-6-11-8-9(13)12(4-2)7-5-10(14)15/h3,11H,1,4-8H2,2H3,(H,14,15). The zero-order valence-corrected chi connectivity index (χ0v) is 9.03. The first-order valence-electron chi connectivity index (χ1n) is 4.93. The maximum absolute atomic E-state index is 11.5. The summed E-state index contributed by atoms with van der Waals surface area (Å²) in [5, 5.41) is 11.4. The number of aliphatic carboxylic acids is 1. The minimum Gasteiger partial charge on any atom is -0.481 e. The molecule has 0 fully saturated rings. The number of carboxylic acids is 1. The topological polar surface area (TPSA) is 69.6 Å². The molecule has 0 aliphatic rings. The van der Waals surface area contributed by atoms with Crippen molar-refractivity contribution in [3.63, 3.8) is 0 Å². The molecule has 0 radical (unpaired) electrons. The number of rotatable bonds is 8. The van der Waals surface area contributed by atoms with Crippen molar-refractivity contribution < 1.29 is 14.7 Å². The Bertz CT molecular complexity index is 229. The number of hydrogen-bond acceptors (Lipinski definition) is 3. The van der Waals surface area contributed by atoms with Crippen molar-refractivity contribution in [2.75, 3.05) is 26.2 Å². The minimum atomic E-state index is -0.889. The highest BCUT2D eigenvalue weighted by atomic mass is 16.4. The van der Waals surface area contributed by atoms with Crippen LogP contribution < -0.4 is 5.32 Å². The van der Waals surface area contributed by atoms with Crippen LogP contribution in [0, 0.1) is 0 Å². The molecule has 0 unspecified atom stereocenters. The fourth-order valence-corrected chi connectivity index (χ4v) is 1.08. The molecular formula is C10H18N2O3. The maximum Gasteiger partial charge on any atom is 0.305 e. The Morgan fingerprint density at radius 3 is 2.67 bits per heavy atom. The maximum atomic E-state index is 11.5. The highest BCUT2D eigenvalue weighted by molar-refractivity contribution is 5.78. The van der Waals surface area contributed by atoms with Gasteiger partial charge in [0.1, 0.15) is 0 Å². The number of amides is 1. The molecule has 0 aromatic rings. The van der Waals surface area contributed by atoms with Crippen LogP contribution in [0.1, 0.15) is 13.3 Å².